The molecule has 0 radical (unpaired) electrons. The lowest BCUT2D eigenvalue weighted by Crippen LogP contribution is -2.16. The number of para-hydroxylation sites is 1. The second-order valence-electron chi connectivity index (χ2n) is 9.30. The predicted octanol–water partition coefficient (Wildman–Crippen LogP) is 8.63. The Kier molecular flexibility index (Phi) is 11.8. The summed E-state index contributed by atoms with van der Waals surface area (Å²) < 4.78 is 5.77. The molecule has 1 heterocycles. The number of aliphatic imine (C=N–C) groups is 1. The van der Waals surface area contributed by atoms with Gasteiger partial charge in [0.05, 0.1) is 18.7 Å². The largest absolute Gasteiger partial charge is 0.480 e. The van der Waals surface area contributed by atoms with Crippen LogP contribution in [0.4, 0.5) is 5.69 Å². The molecular formula is C30H41NO2. The van der Waals surface area contributed by atoms with Crippen LogP contribution in [-0.2, 0) is 11.2 Å². The second-order valence-corrected chi connectivity index (χ2v) is 9.30. The maximum atomic E-state index is 12.1. The number of hydrogen-bond acceptors (Lipinski definition) is 3. The van der Waals surface area contributed by atoms with Gasteiger partial charge in [-0.15, -0.1) is 0 Å². The summed E-state index contributed by atoms with van der Waals surface area (Å²) in [6.45, 7) is 0.666. The predicted molar refractivity (Wildman–Crippen MR) is 139 cm³/mol. The number of nitrogens with zero attached hydrogens (tertiary/aromatic N) is 1. The minimum absolute atomic E-state index is 0.110. The lowest BCUT2D eigenvalue weighted by atomic mass is 10.0. The van der Waals surface area contributed by atoms with Crippen molar-refractivity contribution in [1.29, 1.82) is 0 Å². The molecule has 3 rings (SSSR count). The van der Waals surface area contributed by atoms with Crippen molar-refractivity contribution in [3.05, 3.63) is 65.7 Å². The van der Waals surface area contributed by atoms with Crippen LogP contribution in [-0.4, -0.2) is 18.3 Å². The van der Waals surface area contributed by atoms with Gasteiger partial charge in [0.2, 0.25) is 0 Å². The molecule has 0 fully saturated rings. The number of fused-ring (bicyclic) bond motifs is 1. The number of aryl methyl sites for hydroxylation is 1. The molecule has 1 aliphatic rings. The summed E-state index contributed by atoms with van der Waals surface area (Å²) in [5.41, 5.74) is 2.93. The molecule has 1 aliphatic heterocycles. The first-order valence-corrected chi connectivity index (χ1v) is 13.2. The van der Waals surface area contributed by atoms with Gasteiger partial charge in [-0.1, -0.05) is 113 Å². The van der Waals surface area contributed by atoms with Gasteiger partial charge < -0.3 is 4.74 Å². The molecule has 0 bridgehead atoms. The van der Waals surface area contributed by atoms with Crippen LogP contribution in [0.5, 0.6) is 0 Å². The molecule has 0 amide bonds. The first-order valence-electron chi connectivity index (χ1n) is 13.2. The van der Waals surface area contributed by atoms with E-state index in [9.17, 15) is 4.79 Å². The van der Waals surface area contributed by atoms with Crippen molar-refractivity contribution in [3.8, 4) is 0 Å². The minimum atomic E-state index is 0.110. The molecule has 0 spiro atoms. The summed E-state index contributed by atoms with van der Waals surface area (Å²) >= 11 is 0. The summed E-state index contributed by atoms with van der Waals surface area (Å²) in [4.78, 5) is 16.6. The molecule has 0 N–H and O–H groups in total. The van der Waals surface area contributed by atoms with Crippen LogP contribution < -0.4 is 0 Å². The van der Waals surface area contributed by atoms with Crippen molar-refractivity contribution in [2.75, 3.05) is 6.61 Å². The third-order valence-corrected chi connectivity index (χ3v) is 6.48. The van der Waals surface area contributed by atoms with E-state index in [1.165, 1.54) is 89.0 Å². The molecule has 0 saturated heterocycles. The second kappa shape index (κ2) is 15.4. The van der Waals surface area contributed by atoms with Crippen molar-refractivity contribution in [2.24, 2.45) is 4.99 Å². The Morgan fingerprint density at radius 3 is 1.85 bits per heavy atom. The number of carbonyl (C=O) groups excluding carboxylic acids is 1. The molecule has 2 aromatic rings. The summed E-state index contributed by atoms with van der Waals surface area (Å²) in [6.07, 6.45) is 18.8. The number of ketones is 1. The van der Waals surface area contributed by atoms with Crippen molar-refractivity contribution in [1.82, 2.24) is 0 Å². The Balaban J connectivity index is 1.07. The molecule has 2 aromatic carbocycles. The maximum Gasteiger partial charge on any atom is 0.196 e. The topological polar surface area (TPSA) is 38.7 Å². The highest BCUT2D eigenvalue weighted by atomic mass is 16.5. The van der Waals surface area contributed by atoms with Crippen LogP contribution in [0.2, 0.25) is 0 Å². The maximum absolute atomic E-state index is 12.1. The fraction of sp³-hybridized carbons (Fsp3) is 0.533. The van der Waals surface area contributed by atoms with E-state index in [0.717, 1.165) is 12.1 Å². The highest BCUT2D eigenvalue weighted by Crippen LogP contribution is 2.25. The van der Waals surface area contributed by atoms with Gasteiger partial charge in [0.15, 0.2) is 11.7 Å². The van der Waals surface area contributed by atoms with Crippen LogP contribution >= 0.6 is 0 Å². The monoisotopic (exact) mass is 447 g/mol. The highest BCUT2D eigenvalue weighted by molar-refractivity contribution is 6.13. The highest BCUT2D eigenvalue weighted by Gasteiger charge is 2.20. The molecular weight excluding hydrogens is 406 g/mol. The fourth-order valence-corrected chi connectivity index (χ4v) is 4.51. The Morgan fingerprint density at radius 1 is 0.636 bits per heavy atom. The van der Waals surface area contributed by atoms with Gasteiger partial charge in [0.25, 0.3) is 0 Å². The lowest BCUT2D eigenvalue weighted by Gasteiger charge is -2.15. The van der Waals surface area contributed by atoms with Gasteiger partial charge in [-0.05, 0) is 37.0 Å². The third-order valence-electron chi connectivity index (χ3n) is 6.48. The van der Waals surface area contributed by atoms with E-state index in [1.54, 1.807) is 0 Å². The van der Waals surface area contributed by atoms with Gasteiger partial charge >= 0.3 is 0 Å². The number of carbonyl (C=O) groups is 1. The number of unbranched alkanes of at least 4 members (excludes halogenated alkanes) is 12. The van der Waals surface area contributed by atoms with Crippen molar-refractivity contribution < 1.29 is 9.53 Å². The minimum Gasteiger partial charge on any atom is -0.480 e. The molecule has 3 heteroatoms. The van der Waals surface area contributed by atoms with E-state index < -0.39 is 0 Å². The molecule has 0 saturated carbocycles. The first-order chi connectivity index (χ1) is 16.3. The van der Waals surface area contributed by atoms with Gasteiger partial charge in [-0.3, -0.25) is 4.79 Å². The van der Waals surface area contributed by atoms with E-state index in [1.807, 2.05) is 24.3 Å². The van der Waals surface area contributed by atoms with E-state index >= 15 is 0 Å². The smallest absolute Gasteiger partial charge is 0.196 e. The Hall–Kier alpha value is -2.42. The van der Waals surface area contributed by atoms with Gasteiger partial charge in [-0.25, -0.2) is 4.99 Å². The summed E-state index contributed by atoms with van der Waals surface area (Å²) in [6, 6.07) is 18.4. The zero-order valence-electron chi connectivity index (χ0n) is 20.3. The van der Waals surface area contributed by atoms with Crippen LogP contribution in [0.3, 0.4) is 0 Å². The number of rotatable bonds is 16. The van der Waals surface area contributed by atoms with Gasteiger partial charge in [-0.2, -0.15) is 0 Å². The van der Waals surface area contributed by atoms with E-state index in [0.29, 0.717) is 24.5 Å². The normalized spacial score (nSPS) is 13.0. The zero-order valence-corrected chi connectivity index (χ0v) is 20.3. The average Bonchev–Trinajstić information content (AvgIpc) is 2.84. The standard InChI is InChI=1S/C30H41NO2/c32-29-25-30(31-28-23-17-16-22-27(28)29)33-24-18-11-9-7-5-3-1-2-4-6-8-10-13-19-26-20-14-12-15-21-26/h12,14-17,20-23H,1-11,13,18-19,24-25H2. The van der Waals surface area contributed by atoms with Gasteiger partial charge in [0.1, 0.15) is 0 Å². The van der Waals surface area contributed by atoms with Crippen LogP contribution in [0.15, 0.2) is 59.6 Å². The molecule has 3 nitrogen and oxygen atoms in total. The molecule has 0 aromatic heterocycles. The molecule has 0 aliphatic carbocycles. The van der Waals surface area contributed by atoms with E-state index in [2.05, 4.69) is 35.3 Å². The number of Topliss-reactive ketones (excluding diaryl/α,β-unsaturated/α-hetero) is 1. The van der Waals surface area contributed by atoms with E-state index in [4.69, 9.17) is 4.74 Å². The number of ether oxygens (including phenoxy) is 1. The Bertz CT molecular complexity index is 843. The zero-order chi connectivity index (χ0) is 23.0. The fourth-order valence-electron chi connectivity index (χ4n) is 4.51. The Labute approximate surface area is 200 Å². The molecule has 0 atom stereocenters. The summed E-state index contributed by atoms with van der Waals surface area (Å²) in [5.74, 6) is 0.688. The average molecular weight is 448 g/mol. The van der Waals surface area contributed by atoms with E-state index in [-0.39, 0.29) is 5.78 Å². The van der Waals surface area contributed by atoms with Crippen molar-refractivity contribution in [2.45, 2.75) is 96.3 Å². The molecule has 0 unspecified atom stereocenters. The SMILES string of the molecule is O=C1CC(OCCCCCCCCCCCCCCCc2ccccc2)=Nc2ccccc21. The van der Waals surface area contributed by atoms with Crippen molar-refractivity contribution >= 4 is 17.4 Å². The Morgan fingerprint density at radius 2 is 1.18 bits per heavy atom. The van der Waals surface area contributed by atoms with Crippen LogP contribution in [0.25, 0.3) is 0 Å². The van der Waals surface area contributed by atoms with Crippen LogP contribution in [0.1, 0.15) is 106 Å². The van der Waals surface area contributed by atoms with Crippen molar-refractivity contribution in [3.63, 3.8) is 0 Å². The lowest BCUT2D eigenvalue weighted by molar-refractivity contribution is 0.0990. The summed E-state index contributed by atoms with van der Waals surface area (Å²) in [7, 11) is 0. The third kappa shape index (κ3) is 9.94. The summed E-state index contributed by atoms with van der Waals surface area (Å²) in [5, 5.41) is 0. The molecule has 178 valence electrons. The van der Waals surface area contributed by atoms with Gasteiger partial charge in [0, 0.05) is 5.56 Å². The first kappa shape index (κ1) is 25.2. The quantitative estimate of drug-likeness (QED) is 0.241. The van der Waals surface area contributed by atoms with Crippen LogP contribution in [0, 0.1) is 0 Å². The number of hydrogen-bond donors (Lipinski definition) is 0. The number of benzene rings is 2. The molecule has 33 heavy (non-hydrogen) atoms.